The molecule has 0 heterocycles. The van der Waals surface area contributed by atoms with Crippen LogP contribution in [-0.4, -0.2) is 34.1 Å². The first-order valence-corrected chi connectivity index (χ1v) is 9.46. The van der Waals surface area contributed by atoms with Gasteiger partial charge in [0, 0.05) is 13.2 Å². The molecule has 3 unspecified atom stereocenters. The molecule has 3 heteroatoms. The maximum atomic E-state index is 10.4. The topological polar surface area (TPSA) is 60.7 Å². The Bertz CT molecular complexity index is 343. The van der Waals surface area contributed by atoms with Crippen LogP contribution in [0.3, 0.4) is 0 Å². The molecule has 3 nitrogen and oxygen atoms in total. The molecule has 0 aromatic carbocycles. The highest BCUT2D eigenvalue weighted by Crippen LogP contribution is 2.31. The van der Waals surface area contributed by atoms with Crippen LogP contribution >= 0.6 is 0 Å². The van der Waals surface area contributed by atoms with E-state index in [1.165, 1.54) is 5.57 Å². The number of hydrogen-bond acceptors (Lipinski definition) is 3. The third-order valence-corrected chi connectivity index (χ3v) is 5.62. The van der Waals surface area contributed by atoms with Gasteiger partial charge in [0.1, 0.15) is 0 Å². The van der Waals surface area contributed by atoms with Gasteiger partial charge >= 0.3 is 0 Å². The van der Waals surface area contributed by atoms with Gasteiger partial charge in [-0.2, -0.15) is 0 Å². The van der Waals surface area contributed by atoms with Gasteiger partial charge in [-0.05, 0) is 89.9 Å². The standard InChI is InChI=1S/C20H38O3/c1-16-6-4-7-17(14-21)8-5-9-18(15-22)11-13-19(12-10-16)20(2,3)23/h6,17-19,21-23H,4-5,7-15H2,1-3H3. The summed E-state index contributed by atoms with van der Waals surface area (Å²) in [5.74, 6) is 1.01. The van der Waals surface area contributed by atoms with E-state index in [-0.39, 0.29) is 19.1 Å². The molecule has 23 heavy (non-hydrogen) atoms. The number of aliphatic hydroxyl groups excluding tert-OH is 2. The van der Waals surface area contributed by atoms with Crippen molar-refractivity contribution in [3.8, 4) is 0 Å². The predicted molar refractivity (Wildman–Crippen MR) is 96.2 cm³/mol. The van der Waals surface area contributed by atoms with Gasteiger partial charge in [0.15, 0.2) is 0 Å². The van der Waals surface area contributed by atoms with E-state index in [1.807, 2.05) is 13.8 Å². The van der Waals surface area contributed by atoms with Gasteiger partial charge in [0.2, 0.25) is 0 Å². The van der Waals surface area contributed by atoms with E-state index in [9.17, 15) is 15.3 Å². The highest BCUT2D eigenvalue weighted by Gasteiger charge is 2.27. The fourth-order valence-corrected chi connectivity index (χ4v) is 3.71. The molecule has 3 N–H and O–H groups in total. The lowest BCUT2D eigenvalue weighted by molar-refractivity contribution is 0.00535. The summed E-state index contributed by atoms with van der Waals surface area (Å²) >= 11 is 0. The van der Waals surface area contributed by atoms with Gasteiger partial charge in [-0.15, -0.1) is 0 Å². The van der Waals surface area contributed by atoms with Crippen LogP contribution in [0.5, 0.6) is 0 Å². The molecular weight excluding hydrogens is 288 g/mol. The Morgan fingerprint density at radius 3 is 2.13 bits per heavy atom. The van der Waals surface area contributed by atoms with E-state index in [4.69, 9.17) is 0 Å². The van der Waals surface area contributed by atoms with Crippen LogP contribution in [0, 0.1) is 17.8 Å². The lowest BCUT2D eigenvalue weighted by atomic mass is 9.80. The Hall–Kier alpha value is -0.380. The molecule has 0 aromatic rings. The largest absolute Gasteiger partial charge is 0.396 e. The van der Waals surface area contributed by atoms with Crippen molar-refractivity contribution >= 4 is 0 Å². The van der Waals surface area contributed by atoms with Crippen molar-refractivity contribution in [3.63, 3.8) is 0 Å². The van der Waals surface area contributed by atoms with Crippen molar-refractivity contribution in [2.45, 2.75) is 84.2 Å². The Morgan fingerprint density at radius 1 is 0.957 bits per heavy atom. The predicted octanol–water partition coefficient (Wildman–Crippen LogP) is 4.06. The summed E-state index contributed by atoms with van der Waals surface area (Å²) in [5, 5.41) is 29.6. The van der Waals surface area contributed by atoms with Gasteiger partial charge < -0.3 is 15.3 Å². The molecule has 136 valence electrons. The van der Waals surface area contributed by atoms with Crippen LogP contribution < -0.4 is 0 Å². The zero-order valence-corrected chi connectivity index (χ0v) is 15.4. The van der Waals surface area contributed by atoms with E-state index >= 15 is 0 Å². The summed E-state index contributed by atoms with van der Waals surface area (Å²) in [5.41, 5.74) is 0.742. The third kappa shape index (κ3) is 8.32. The molecule has 0 spiro atoms. The fourth-order valence-electron chi connectivity index (χ4n) is 3.71. The van der Waals surface area contributed by atoms with Gasteiger partial charge in [0.25, 0.3) is 0 Å². The zero-order chi connectivity index (χ0) is 17.3. The first-order valence-electron chi connectivity index (χ1n) is 9.46. The first-order chi connectivity index (χ1) is 10.9. The molecule has 1 aliphatic carbocycles. The maximum Gasteiger partial charge on any atom is 0.0619 e. The molecule has 0 amide bonds. The summed E-state index contributed by atoms with van der Waals surface area (Å²) < 4.78 is 0. The summed E-state index contributed by atoms with van der Waals surface area (Å²) in [6, 6.07) is 0. The fraction of sp³-hybridized carbons (Fsp3) is 0.900. The Balaban J connectivity index is 2.74. The van der Waals surface area contributed by atoms with Gasteiger partial charge in [-0.1, -0.05) is 18.1 Å². The minimum Gasteiger partial charge on any atom is -0.396 e. The van der Waals surface area contributed by atoms with Crippen LogP contribution in [0.15, 0.2) is 11.6 Å². The number of hydrogen-bond donors (Lipinski definition) is 3. The molecule has 1 aliphatic rings. The van der Waals surface area contributed by atoms with Crippen LogP contribution in [-0.2, 0) is 0 Å². The van der Waals surface area contributed by atoms with E-state index in [2.05, 4.69) is 13.0 Å². The van der Waals surface area contributed by atoms with Gasteiger partial charge in [-0.25, -0.2) is 0 Å². The zero-order valence-electron chi connectivity index (χ0n) is 15.4. The van der Waals surface area contributed by atoms with Crippen LogP contribution in [0.4, 0.5) is 0 Å². The van der Waals surface area contributed by atoms with E-state index in [1.54, 1.807) is 0 Å². The Kier molecular flexibility index (Phi) is 9.41. The van der Waals surface area contributed by atoms with Crippen molar-refractivity contribution in [3.05, 3.63) is 11.6 Å². The van der Waals surface area contributed by atoms with Crippen molar-refractivity contribution in [1.82, 2.24) is 0 Å². The molecular formula is C20H38O3. The van der Waals surface area contributed by atoms with E-state index < -0.39 is 5.60 Å². The average molecular weight is 327 g/mol. The maximum absolute atomic E-state index is 10.4. The van der Waals surface area contributed by atoms with E-state index in [0.29, 0.717) is 11.8 Å². The van der Waals surface area contributed by atoms with Crippen LogP contribution in [0.1, 0.15) is 78.6 Å². The van der Waals surface area contributed by atoms with Crippen LogP contribution in [0.2, 0.25) is 0 Å². The molecule has 1 rings (SSSR count). The van der Waals surface area contributed by atoms with Crippen molar-refractivity contribution < 1.29 is 15.3 Å². The summed E-state index contributed by atoms with van der Waals surface area (Å²) in [6.07, 6.45) is 11.5. The SMILES string of the molecule is CC1=CCCC(CO)CCCC(CO)CCC(C(C)(C)O)CC1. The van der Waals surface area contributed by atoms with Crippen molar-refractivity contribution in [2.75, 3.05) is 13.2 Å². The Morgan fingerprint density at radius 2 is 1.57 bits per heavy atom. The third-order valence-electron chi connectivity index (χ3n) is 5.62. The molecule has 0 bridgehead atoms. The lowest BCUT2D eigenvalue weighted by Gasteiger charge is -2.31. The highest BCUT2D eigenvalue weighted by molar-refractivity contribution is 4.99. The second-order valence-corrected chi connectivity index (χ2v) is 8.12. The van der Waals surface area contributed by atoms with Crippen molar-refractivity contribution in [2.24, 2.45) is 17.8 Å². The average Bonchev–Trinajstić information content (AvgIpc) is 2.49. The molecule has 3 atom stereocenters. The van der Waals surface area contributed by atoms with E-state index in [0.717, 1.165) is 57.8 Å². The molecule has 0 fully saturated rings. The lowest BCUT2D eigenvalue weighted by Crippen LogP contribution is -2.31. The quantitative estimate of drug-likeness (QED) is 0.685. The molecule has 0 saturated carbocycles. The molecule has 0 radical (unpaired) electrons. The number of aliphatic hydroxyl groups is 3. The minimum atomic E-state index is -0.653. The van der Waals surface area contributed by atoms with Gasteiger partial charge in [0.05, 0.1) is 5.60 Å². The summed E-state index contributed by atoms with van der Waals surface area (Å²) in [7, 11) is 0. The highest BCUT2D eigenvalue weighted by atomic mass is 16.3. The first kappa shape index (κ1) is 20.7. The number of rotatable bonds is 3. The number of allylic oxidation sites excluding steroid dienone is 2. The molecule has 0 aliphatic heterocycles. The summed E-state index contributed by atoms with van der Waals surface area (Å²) in [6.45, 7) is 6.52. The Labute approximate surface area is 142 Å². The van der Waals surface area contributed by atoms with Crippen molar-refractivity contribution in [1.29, 1.82) is 0 Å². The molecule has 0 aromatic heterocycles. The smallest absolute Gasteiger partial charge is 0.0619 e. The van der Waals surface area contributed by atoms with Crippen LogP contribution in [0.25, 0.3) is 0 Å². The molecule has 0 saturated heterocycles. The summed E-state index contributed by atoms with van der Waals surface area (Å²) in [4.78, 5) is 0. The van der Waals surface area contributed by atoms with Gasteiger partial charge in [-0.3, -0.25) is 0 Å². The monoisotopic (exact) mass is 326 g/mol. The minimum absolute atomic E-state index is 0.237. The normalized spacial score (nSPS) is 29.7. The second-order valence-electron chi connectivity index (χ2n) is 8.12. The second kappa shape index (κ2) is 10.5.